The van der Waals surface area contributed by atoms with Gasteiger partial charge < -0.3 is 9.72 Å². The summed E-state index contributed by atoms with van der Waals surface area (Å²) in [7, 11) is 1.58. The Kier molecular flexibility index (Phi) is 2.95. The van der Waals surface area contributed by atoms with E-state index in [-0.39, 0.29) is 5.78 Å². The summed E-state index contributed by atoms with van der Waals surface area (Å²) in [6.45, 7) is 1.53. The van der Waals surface area contributed by atoms with Crippen molar-refractivity contribution in [1.82, 2.24) is 15.0 Å². The number of ether oxygens (including phenoxy) is 1. The van der Waals surface area contributed by atoms with Gasteiger partial charge in [0.15, 0.2) is 5.78 Å². The lowest BCUT2D eigenvalue weighted by atomic mass is 10.1. The maximum Gasteiger partial charge on any atom is 0.159 e. The maximum atomic E-state index is 11.4. The molecule has 0 aliphatic carbocycles. The predicted molar refractivity (Wildman–Crippen MR) is 75.9 cm³/mol. The Hall–Kier alpha value is -2.69. The number of nitrogens with one attached hydrogen (secondary N) is 1. The van der Waals surface area contributed by atoms with E-state index in [0.29, 0.717) is 17.1 Å². The molecule has 0 unspecified atom stereocenters. The highest BCUT2D eigenvalue weighted by molar-refractivity contribution is 5.95. The van der Waals surface area contributed by atoms with Crippen LogP contribution in [-0.2, 0) is 0 Å². The molecule has 100 valence electrons. The highest BCUT2D eigenvalue weighted by atomic mass is 16.5. The number of ketones is 1. The Morgan fingerprint density at radius 2 is 2.15 bits per heavy atom. The SMILES string of the molecule is COc1cc(C(C)=O)ccc1-c1nc2ccncc2[nH]1. The minimum absolute atomic E-state index is 0.00339. The van der Waals surface area contributed by atoms with Crippen LogP contribution in [0.4, 0.5) is 0 Å². The van der Waals surface area contributed by atoms with Crippen molar-refractivity contribution >= 4 is 16.8 Å². The molecule has 0 atom stereocenters. The zero-order chi connectivity index (χ0) is 14.1. The first-order valence-electron chi connectivity index (χ1n) is 6.18. The number of H-pyrrole nitrogens is 1. The minimum atomic E-state index is 0.00339. The summed E-state index contributed by atoms with van der Waals surface area (Å²) in [6, 6.07) is 7.17. The van der Waals surface area contributed by atoms with Crippen molar-refractivity contribution in [1.29, 1.82) is 0 Å². The van der Waals surface area contributed by atoms with E-state index < -0.39 is 0 Å². The molecular formula is C15H13N3O2. The first-order chi connectivity index (χ1) is 9.69. The van der Waals surface area contributed by atoms with Gasteiger partial charge in [0, 0.05) is 11.8 Å². The average molecular weight is 267 g/mol. The lowest BCUT2D eigenvalue weighted by molar-refractivity contribution is 0.101. The van der Waals surface area contributed by atoms with Gasteiger partial charge in [0.1, 0.15) is 11.6 Å². The topological polar surface area (TPSA) is 67.9 Å². The van der Waals surface area contributed by atoms with Crippen LogP contribution >= 0.6 is 0 Å². The summed E-state index contributed by atoms with van der Waals surface area (Å²) in [5.74, 6) is 1.31. The third kappa shape index (κ3) is 2.03. The van der Waals surface area contributed by atoms with Gasteiger partial charge in [-0.2, -0.15) is 0 Å². The number of nitrogens with zero attached hydrogens (tertiary/aromatic N) is 2. The fraction of sp³-hybridized carbons (Fsp3) is 0.133. The summed E-state index contributed by atoms with van der Waals surface area (Å²) < 4.78 is 5.36. The van der Waals surface area contributed by atoms with Gasteiger partial charge in [0.25, 0.3) is 0 Å². The van der Waals surface area contributed by atoms with Crippen molar-refractivity contribution in [2.45, 2.75) is 6.92 Å². The van der Waals surface area contributed by atoms with Crippen LogP contribution in [0.5, 0.6) is 5.75 Å². The first-order valence-corrected chi connectivity index (χ1v) is 6.18. The number of aromatic nitrogens is 3. The average Bonchev–Trinajstić information content (AvgIpc) is 2.90. The number of rotatable bonds is 3. The van der Waals surface area contributed by atoms with Crippen LogP contribution in [0, 0.1) is 0 Å². The van der Waals surface area contributed by atoms with Gasteiger partial charge in [-0.25, -0.2) is 4.98 Å². The van der Waals surface area contributed by atoms with Crippen molar-refractivity contribution in [3.8, 4) is 17.1 Å². The molecule has 5 nitrogen and oxygen atoms in total. The van der Waals surface area contributed by atoms with Crippen molar-refractivity contribution in [3.05, 3.63) is 42.2 Å². The fourth-order valence-electron chi connectivity index (χ4n) is 2.09. The Bertz CT molecular complexity index is 760. The highest BCUT2D eigenvalue weighted by Gasteiger charge is 2.12. The summed E-state index contributed by atoms with van der Waals surface area (Å²) >= 11 is 0. The Morgan fingerprint density at radius 3 is 2.85 bits per heavy atom. The molecule has 0 aliphatic heterocycles. The molecule has 3 rings (SSSR count). The summed E-state index contributed by atoms with van der Waals surface area (Å²) in [4.78, 5) is 23.2. The van der Waals surface area contributed by atoms with E-state index in [1.807, 2.05) is 12.1 Å². The molecule has 0 fully saturated rings. The molecule has 2 aromatic heterocycles. The van der Waals surface area contributed by atoms with Gasteiger partial charge in [0.05, 0.1) is 29.9 Å². The first kappa shape index (κ1) is 12.3. The van der Waals surface area contributed by atoms with Gasteiger partial charge in [-0.05, 0) is 25.1 Å². The van der Waals surface area contributed by atoms with Gasteiger partial charge in [-0.1, -0.05) is 6.07 Å². The number of carbonyl (C=O) groups excluding carboxylic acids is 1. The summed E-state index contributed by atoms with van der Waals surface area (Å²) in [6.07, 6.45) is 3.42. The van der Waals surface area contributed by atoms with E-state index in [4.69, 9.17) is 4.74 Å². The van der Waals surface area contributed by atoms with Crippen LogP contribution in [0.1, 0.15) is 17.3 Å². The number of carbonyl (C=O) groups is 1. The second-order valence-electron chi connectivity index (χ2n) is 4.45. The van der Waals surface area contributed by atoms with E-state index in [0.717, 1.165) is 16.6 Å². The van der Waals surface area contributed by atoms with Crippen LogP contribution in [0.15, 0.2) is 36.7 Å². The zero-order valence-electron chi connectivity index (χ0n) is 11.2. The summed E-state index contributed by atoms with van der Waals surface area (Å²) in [5, 5.41) is 0. The number of hydrogen-bond donors (Lipinski definition) is 1. The van der Waals surface area contributed by atoms with Crippen LogP contribution in [0.2, 0.25) is 0 Å². The second kappa shape index (κ2) is 4.77. The smallest absolute Gasteiger partial charge is 0.159 e. The molecular weight excluding hydrogens is 254 g/mol. The molecule has 5 heteroatoms. The maximum absolute atomic E-state index is 11.4. The van der Waals surface area contributed by atoms with Crippen molar-refractivity contribution in [3.63, 3.8) is 0 Å². The second-order valence-corrected chi connectivity index (χ2v) is 4.45. The molecule has 1 aromatic carbocycles. The molecule has 2 heterocycles. The van der Waals surface area contributed by atoms with Crippen LogP contribution in [0.25, 0.3) is 22.4 Å². The van der Waals surface area contributed by atoms with Gasteiger partial charge in [-0.15, -0.1) is 0 Å². The number of fused-ring (bicyclic) bond motifs is 1. The molecule has 0 saturated heterocycles. The Balaban J connectivity index is 2.15. The van der Waals surface area contributed by atoms with Gasteiger partial charge in [-0.3, -0.25) is 9.78 Å². The van der Waals surface area contributed by atoms with E-state index in [9.17, 15) is 4.79 Å². The quantitative estimate of drug-likeness (QED) is 0.741. The van der Waals surface area contributed by atoms with Crippen LogP contribution < -0.4 is 4.74 Å². The third-order valence-corrected chi connectivity index (χ3v) is 3.15. The monoisotopic (exact) mass is 267 g/mol. The predicted octanol–water partition coefficient (Wildman–Crippen LogP) is 2.84. The number of benzene rings is 1. The van der Waals surface area contributed by atoms with E-state index in [1.54, 1.807) is 31.6 Å². The standard InChI is InChI=1S/C15H13N3O2/c1-9(19)10-3-4-11(14(7-10)20-2)15-17-12-5-6-16-8-13(12)18-15/h3-8H,1-2H3,(H,17,18). The van der Waals surface area contributed by atoms with E-state index >= 15 is 0 Å². The number of aromatic amines is 1. The molecule has 0 radical (unpaired) electrons. The molecule has 0 spiro atoms. The number of methoxy groups -OCH3 is 1. The van der Waals surface area contributed by atoms with Crippen molar-refractivity contribution in [2.24, 2.45) is 0 Å². The number of hydrogen-bond acceptors (Lipinski definition) is 4. The molecule has 0 saturated carbocycles. The molecule has 3 aromatic rings. The molecule has 0 bridgehead atoms. The summed E-state index contributed by atoms with van der Waals surface area (Å²) in [5.41, 5.74) is 3.13. The normalized spacial score (nSPS) is 10.7. The Morgan fingerprint density at radius 1 is 1.30 bits per heavy atom. The molecule has 0 aliphatic rings. The highest BCUT2D eigenvalue weighted by Crippen LogP contribution is 2.30. The van der Waals surface area contributed by atoms with Gasteiger partial charge >= 0.3 is 0 Å². The zero-order valence-corrected chi connectivity index (χ0v) is 11.2. The third-order valence-electron chi connectivity index (χ3n) is 3.15. The van der Waals surface area contributed by atoms with Crippen LogP contribution in [0.3, 0.4) is 0 Å². The van der Waals surface area contributed by atoms with Crippen LogP contribution in [-0.4, -0.2) is 27.8 Å². The lowest BCUT2D eigenvalue weighted by Crippen LogP contribution is -1.95. The van der Waals surface area contributed by atoms with Crippen molar-refractivity contribution < 1.29 is 9.53 Å². The molecule has 0 amide bonds. The van der Waals surface area contributed by atoms with Crippen molar-refractivity contribution in [2.75, 3.05) is 7.11 Å². The van der Waals surface area contributed by atoms with Gasteiger partial charge in [0.2, 0.25) is 0 Å². The largest absolute Gasteiger partial charge is 0.496 e. The van der Waals surface area contributed by atoms with E-state index in [1.165, 1.54) is 6.92 Å². The number of imidazole rings is 1. The molecule has 1 N–H and O–H groups in total. The number of pyridine rings is 1. The fourth-order valence-corrected chi connectivity index (χ4v) is 2.09. The lowest BCUT2D eigenvalue weighted by Gasteiger charge is -2.07. The Labute approximate surface area is 115 Å². The van der Waals surface area contributed by atoms with E-state index in [2.05, 4.69) is 15.0 Å². The minimum Gasteiger partial charge on any atom is -0.496 e. The molecule has 20 heavy (non-hydrogen) atoms. The number of Topliss-reactive ketones (excluding diaryl/α,β-unsaturated/α-hetero) is 1.